The molecule has 1 aromatic carbocycles. The van der Waals surface area contributed by atoms with Crippen molar-refractivity contribution in [2.45, 2.75) is 13.8 Å². The van der Waals surface area contributed by atoms with E-state index in [-0.39, 0.29) is 17.5 Å². The topological polar surface area (TPSA) is 55.1 Å². The van der Waals surface area contributed by atoms with Crippen LogP contribution in [0.3, 0.4) is 0 Å². The van der Waals surface area contributed by atoms with Crippen LogP contribution in [0.5, 0.6) is 0 Å². The highest BCUT2D eigenvalue weighted by atomic mass is 32.1. The number of rotatable bonds is 3. The second-order valence-electron chi connectivity index (χ2n) is 4.80. The van der Waals surface area contributed by atoms with Crippen LogP contribution in [0, 0.1) is 19.7 Å². The van der Waals surface area contributed by atoms with E-state index in [1.807, 2.05) is 6.92 Å². The summed E-state index contributed by atoms with van der Waals surface area (Å²) in [5.41, 5.74) is 1.54. The first-order valence-corrected chi connectivity index (χ1v) is 7.46. The van der Waals surface area contributed by atoms with Gasteiger partial charge in [0.05, 0.1) is 5.69 Å². The monoisotopic (exact) mass is 316 g/mol. The number of thiazole rings is 1. The molecule has 0 spiro atoms. The van der Waals surface area contributed by atoms with E-state index >= 15 is 0 Å². The van der Waals surface area contributed by atoms with Gasteiger partial charge in [0.1, 0.15) is 11.6 Å². The smallest absolute Gasteiger partial charge is 0.293 e. The number of hydrogen-bond donors (Lipinski definition) is 1. The number of nitrogens with one attached hydrogen (secondary N) is 1. The lowest BCUT2D eigenvalue weighted by atomic mass is 10.1. The van der Waals surface area contributed by atoms with Gasteiger partial charge in [-0.3, -0.25) is 10.1 Å². The second-order valence-corrected chi connectivity index (χ2v) is 6.00. The zero-order chi connectivity index (χ0) is 15.7. The Morgan fingerprint density at radius 2 is 1.91 bits per heavy atom. The number of halogens is 1. The molecule has 0 fully saturated rings. The maximum atomic E-state index is 13.0. The molecular weight excluding hydrogens is 303 g/mol. The molecule has 0 aliphatic rings. The number of aromatic nitrogens is 1. The summed E-state index contributed by atoms with van der Waals surface area (Å²) in [7, 11) is 0. The maximum Gasteiger partial charge on any atom is 0.293 e. The molecule has 0 bridgehead atoms. The van der Waals surface area contributed by atoms with Gasteiger partial charge in [0.25, 0.3) is 5.91 Å². The van der Waals surface area contributed by atoms with E-state index in [1.165, 1.54) is 23.5 Å². The first-order valence-electron chi connectivity index (χ1n) is 6.64. The first kappa shape index (κ1) is 14.5. The molecule has 112 valence electrons. The molecule has 6 heteroatoms. The molecular formula is C16H13FN2O2S. The lowest BCUT2D eigenvalue weighted by Gasteiger charge is -1.99. The molecule has 0 unspecified atom stereocenters. The van der Waals surface area contributed by atoms with E-state index in [1.54, 1.807) is 31.2 Å². The van der Waals surface area contributed by atoms with Crippen LogP contribution in [-0.2, 0) is 0 Å². The first-order chi connectivity index (χ1) is 10.5. The van der Waals surface area contributed by atoms with Crippen LogP contribution in [0.25, 0.3) is 11.3 Å². The maximum absolute atomic E-state index is 13.0. The lowest BCUT2D eigenvalue weighted by Crippen LogP contribution is -2.10. The van der Waals surface area contributed by atoms with Crippen molar-refractivity contribution >= 4 is 22.4 Å². The number of furan rings is 1. The third-order valence-corrected chi connectivity index (χ3v) is 3.99. The average molecular weight is 316 g/mol. The van der Waals surface area contributed by atoms with Crippen molar-refractivity contribution in [2.75, 3.05) is 5.32 Å². The van der Waals surface area contributed by atoms with Gasteiger partial charge >= 0.3 is 0 Å². The molecule has 3 rings (SSSR count). The molecule has 1 amide bonds. The molecule has 22 heavy (non-hydrogen) atoms. The van der Waals surface area contributed by atoms with E-state index < -0.39 is 0 Å². The summed E-state index contributed by atoms with van der Waals surface area (Å²) < 4.78 is 18.3. The summed E-state index contributed by atoms with van der Waals surface area (Å²) in [6, 6.07) is 9.45. The van der Waals surface area contributed by atoms with Crippen molar-refractivity contribution in [1.82, 2.24) is 4.98 Å². The van der Waals surface area contributed by atoms with Crippen LogP contribution < -0.4 is 5.32 Å². The van der Waals surface area contributed by atoms with Gasteiger partial charge in [-0.1, -0.05) is 0 Å². The minimum absolute atomic E-state index is 0.244. The van der Waals surface area contributed by atoms with E-state index in [0.717, 1.165) is 16.1 Å². The minimum atomic E-state index is -0.340. The summed E-state index contributed by atoms with van der Waals surface area (Å²) >= 11 is 1.36. The summed E-state index contributed by atoms with van der Waals surface area (Å²) in [5.74, 6) is 0.284. The molecule has 2 aromatic heterocycles. The molecule has 0 atom stereocenters. The van der Waals surface area contributed by atoms with Gasteiger partial charge in [-0.15, -0.1) is 11.3 Å². The van der Waals surface area contributed by atoms with Crippen molar-refractivity contribution in [3.63, 3.8) is 0 Å². The van der Waals surface area contributed by atoms with Crippen molar-refractivity contribution in [3.05, 3.63) is 58.6 Å². The molecule has 0 saturated carbocycles. The van der Waals surface area contributed by atoms with Crippen molar-refractivity contribution < 1.29 is 13.6 Å². The number of carbonyl (C=O) groups is 1. The van der Waals surface area contributed by atoms with Gasteiger partial charge in [0.2, 0.25) is 0 Å². The Morgan fingerprint density at radius 1 is 1.18 bits per heavy atom. The van der Waals surface area contributed by atoms with Crippen molar-refractivity contribution in [2.24, 2.45) is 0 Å². The van der Waals surface area contributed by atoms with Crippen LogP contribution in [-0.4, -0.2) is 10.9 Å². The number of amides is 1. The summed E-state index contributed by atoms with van der Waals surface area (Å²) in [6.07, 6.45) is 0. The number of hydrogen-bond acceptors (Lipinski definition) is 4. The van der Waals surface area contributed by atoms with Crippen LogP contribution in [0.1, 0.15) is 21.2 Å². The van der Waals surface area contributed by atoms with Crippen molar-refractivity contribution in [1.29, 1.82) is 0 Å². The van der Waals surface area contributed by atoms with Gasteiger partial charge in [-0.25, -0.2) is 9.37 Å². The summed E-state index contributed by atoms with van der Waals surface area (Å²) in [4.78, 5) is 17.4. The average Bonchev–Trinajstić information content (AvgIpc) is 3.06. The number of benzene rings is 1. The Balaban J connectivity index is 1.83. The second kappa shape index (κ2) is 5.73. The third kappa shape index (κ3) is 2.92. The highest BCUT2D eigenvalue weighted by Gasteiger charge is 2.15. The molecule has 2 heterocycles. The molecule has 0 aliphatic carbocycles. The van der Waals surface area contributed by atoms with Crippen molar-refractivity contribution in [3.8, 4) is 11.3 Å². The number of carbonyl (C=O) groups excluding carboxylic acids is 1. The Hall–Kier alpha value is -2.47. The Kier molecular flexibility index (Phi) is 3.77. The largest absolute Gasteiger partial charge is 0.456 e. The van der Waals surface area contributed by atoms with Crippen LogP contribution in [0.15, 0.2) is 40.8 Å². The highest BCUT2D eigenvalue weighted by Crippen LogP contribution is 2.30. The van der Waals surface area contributed by atoms with E-state index in [9.17, 15) is 9.18 Å². The summed E-state index contributed by atoms with van der Waals surface area (Å²) in [6.45, 7) is 3.68. The molecule has 1 N–H and O–H groups in total. The van der Waals surface area contributed by atoms with E-state index in [4.69, 9.17) is 4.42 Å². The van der Waals surface area contributed by atoms with E-state index in [0.29, 0.717) is 10.9 Å². The third-order valence-electron chi connectivity index (χ3n) is 3.10. The number of anilines is 1. The summed E-state index contributed by atoms with van der Waals surface area (Å²) in [5, 5.41) is 3.20. The number of aryl methyl sites for hydroxylation is 2. The zero-order valence-corrected chi connectivity index (χ0v) is 12.8. The Morgan fingerprint density at radius 3 is 2.55 bits per heavy atom. The van der Waals surface area contributed by atoms with Gasteiger partial charge in [-0.05, 0) is 50.2 Å². The normalized spacial score (nSPS) is 10.7. The van der Waals surface area contributed by atoms with Crippen LogP contribution in [0.4, 0.5) is 9.52 Å². The van der Waals surface area contributed by atoms with Gasteiger partial charge < -0.3 is 4.42 Å². The molecule has 0 saturated heterocycles. The van der Waals surface area contributed by atoms with Gasteiger partial charge in [0, 0.05) is 10.4 Å². The van der Waals surface area contributed by atoms with Crippen LogP contribution in [0.2, 0.25) is 0 Å². The Labute approximate surface area is 130 Å². The minimum Gasteiger partial charge on any atom is -0.456 e. The predicted octanol–water partition coefficient (Wildman–Crippen LogP) is 4.41. The molecule has 3 aromatic rings. The fourth-order valence-corrected chi connectivity index (χ4v) is 2.87. The zero-order valence-electron chi connectivity index (χ0n) is 12.0. The number of nitrogens with zero attached hydrogens (tertiary/aromatic N) is 1. The van der Waals surface area contributed by atoms with E-state index in [2.05, 4.69) is 10.3 Å². The fraction of sp³-hybridized carbons (Fsp3) is 0.125. The predicted molar refractivity (Wildman–Crippen MR) is 83.6 cm³/mol. The molecule has 4 nitrogen and oxygen atoms in total. The molecule has 0 radical (unpaired) electrons. The quantitative estimate of drug-likeness (QED) is 0.778. The van der Waals surface area contributed by atoms with Gasteiger partial charge in [-0.2, -0.15) is 0 Å². The Bertz CT molecular complexity index is 821. The van der Waals surface area contributed by atoms with Crippen LogP contribution >= 0.6 is 11.3 Å². The molecule has 0 aliphatic heterocycles. The van der Waals surface area contributed by atoms with Gasteiger partial charge in [0.15, 0.2) is 10.9 Å². The standard InChI is InChI=1S/C16H13FN2O2S/c1-9-3-8-13(21-9)15(20)19-16-18-14(10(2)22-16)11-4-6-12(17)7-5-11/h3-8H,1-2H3,(H,18,19,20). The lowest BCUT2D eigenvalue weighted by molar-refractivity contribution is 0.0995. The fourth-order valence-electron chi connectivity index (χ4n) is 2.04. The highest BCUT2D eigenvalue weighted by molar-refractivity contribution is 7.16. The SMILES string of the molecule is Cc1ccc(C(=O)Nc2nc(-c3ccc(F)cc3)c(C)s2)o1.